The molecule has 0 radical (unpaired) electrons. The molecular formula is C19H19N3O2. The lowest BCUT2D eigenvalue weighted by Gasteiger charge is -2.27. The topological polar surface area (TPSA) is 53.5 Å². The molecule has 5 nitrogen and oxygen atoms in total. The number of nitrogens with zero attached hydrogens (tertiary/aromatic N) is 3. The molecule has 4 rings (SSSR count). The predicted molar refractivity (Wildman–Crippen MR) is 90.7 cm³/mol. The Labute approximate surface area is 140 Å². The lowest BCUT2D eigenvalue weighted by atomic mass is 9.98. The molecule has 0 atom stereocenters. The molecule has 0 bridgehead atoms. The van der Waals surface area contributed by atoms with Gasteiger partial charge in [0.05, 0.1) is 13.0 Å². The Hall–Kier alpha value is -2.69. The highest BCUT2D eigenvalue weighted by Crippen LogP contribution is 2.22. The summed E-state index contributed by atoms with van der Waals surface area (Å²) in [5.41, 5.74) is 2.31. The summed E-state index contributed by atoms with van der Waals surface area (Å²) in [6.07, 6.45) is 4.47. The summed E-state index contributed by atoms with van der Waals surface area (Å²) >= 11 is 0. The van der Waals surface area contributed by atoms with Crippen molar-refractivity contribution >= 4 is 17.6 Å². The van der Waals surface area contributed by atoms with Crippen molar-refractivity contribution in [2.75, 3.05) is 18.0 Å². The van der Waals surface area contributed by atoms with Gasteiger partial charge in [-0.15, -0.1) is 0 Å². The Morgan fingerprint density at radius 1 is 1.00 bits per heavy atom. The molecule has 1 aromatic heterocycles. The minimum atomic E-state index is -0.217. The van der Waals surface area contributed by atoms with Crippen molar-refractivity contribution in [3.05, 3.63) is 59.3 Å². The molecule has 0 unspecified atom stereocenters. The number of anilines is 1. The fourth-order valence-corrected chi connectivity index (χ4v) is 3.39. The summed E-state index contributed by atoms with van der Waals surface area (Å²) in [5.74, 6) is 0.602. The maximum absolute atomic E-state index is 12.6. The average molecular weight is 321 g/mol. The predicted octanol–water partition coefficient (Wildman–Crippen LogP) is 2.41. The number of rotatable bonds is 3. The van der Waals surface area contributed by atoms with Gasteiger partial charge in [0.25, 0.3) is 5.91 Å². The number of hydrogen-bond acceptors (Lipinski definition) is 4. The number of benzene rings is 1. The van der Waals surface area contributed by atoms with Crippen molar-refractivity contribution in [1.82, 2.24) is 9.88 Å². The van der Waals surface area contributed by atoms with Gasteiger partial charge in [0, 0.05) is 24.8 Å². The fraction of sp³-hybridized carbons (Fsp3) is 0.316. The maximum Gasteiger partial charge on any atom is 0.261 e. The van der Waals surface area contributed by atoms with Gasteiger partial charge < -0.3 is 4.90 Å². The Morgan fingerprint density at radius 2 is 1.79 bits per heavy atom. The zero-order valence-electron chi connectivity index (χ0n) is 13.4. The Kier molecular flexibility index (Phi) is 3.76. The van der Waals surface area contributed by atoms with E-state index in [1.165, 1.54) is 17.7 Å². The number of hydrogen-bond donors (Lipinski definition) is 0. The van der Waals surface area contributed by atoms with Crippen molar-refractivity contribution in [3.63, 3.8) is 0 Å². The average Bonchev–Trinajstić information content (AvgIpc) is 3.14. The molecule has 1 aromatic carbocycles. The highest BCUT2D eigenvalue weighted by Gasteiger charge is 2.30. The Bertz CT molecular complexity index is 779. The first-order valence-corrected chi connectivity index (χ1v) is 8.35. The second-order valence-corrected chi connectivity index (χ2v) is 6.34. The van der Waals surface area contributed by atoms with Gasteiger partial charge in [-0.05, 0) is 36.1 Å². The molecule has 0 spiro atoms. The highest BCUT2D eigenvalue weighted by molar-refractivity contribution is 6.09. The first-order chi connectivity index (χ1) is 11.7. The van der Waals surface area contributed by atoms with Crippen molar-refractivity contribution in [2.24, 2.45) is 0 Å². The van der Waals surface area contributed by atoms with Crippen LogP contribution in [0.15, 0.2) is 42.6 Å². The van der Waals surface area contributed by atoms with Crippen LogP contribution in [0.3, 0.4) is 0 Å². The van der Waals surface area contributed by atoms with E-state index in [1.54, 1.807) is 12.3 Å². The van der Waals surface area contributed by atoms with Crippen LogP contribution in [0.25, 0.3) is 0 Å². The lowest BCUT2D eigenvalue weighted by Crippen LogP contribution is -2.41. The van der Waals surface area contributed by atoms with Gasteiger partial charge in [0.2, 0.25) is 5.91 Å². The van der Waals surface area contributed by atoms with Crippen LogP contribution in [0, 0.1) is 0 Å². The van der Waals surface area contributed by atoms with E-state index < -0.39 is 0 Å². The van der Waals surface area contributed by atoms with E-state index in [0.29, 0.717) is 5.56 Å². The first-order valence-electron chi connectivity index (χ1n) is 8.35. The minimum Gasteiger partial charge on any atom is -0.357 e. The third-order valence-corrected chi connectivity index (χ3v) is 4.72. The van der Waals surface area contributed by atoms with Gasteiger partial charge in [-0.25, -0.2) is 4.98 Å². The van der Waals surface area contributed by atoms with Crippen LogP contribution in [-0.4, -0.2) is 34.8 Å². The van der Waals surface area contributed by atoms with Crippen molar-refractivity contribution in [1.29, 1.82) is 0 Å². The number of fused-ring (bicyclic) bond motifs is 1. The van der Waals surface area contributed by atoms with E-state index in [1.807, 2.05) is 30.3 Å². The summed E-state index contributed by atoms with van der Waals surface area (Å²) < 4.78 is 0. The molecular weight excluding hydrogens is 302 g/mol. The Morgan fingerprint density at radius 3 is 2.54 bits per heavy atom. The largest absolute Gasteiger partial charge is 0.357 e. The van der Waals surface area contributed by atoms with Gasteiger partial charge >= 0.3 is 0 Å². The van der Waals surface area contributed by atoms with Gasteiger partial charge in [-0.3, -0.25) is 14.5 Å². The molecule has 2 amide bonds. The fourth-order valence-electron chi connectivity index (χ4n) is 3.39. The van der Waals surface area contributed by atoms with Crippen LogP contribution < -0.4 is 4.90 Å². The minimum absolute atomic E-state index is 0.151. The zero-order valence-corrected chi connectivity index (χ0v) is 13.4. The second-order valence-electron chi connectivity index (χ2n) is 6.34. The summed E-state index contributed by atoms with van der Waals surface area (Å²) in [4.78, 5) is 33.0. The monoisotopic (exact) mass is 321 g/mol. The summed E-state index contributed by atoms with van der Waals surface area (Å²) in [5, 5.41) is 0. The molecule has 2 aliphatic heterocycles. The van der Waals surface area contributed by atoms with Gasteiger partial charge in [-0.2, -0.15) is 0 Å². The van der Waals surface area contributed by atoms with Gasteiger partial charge in [-0.1, -0.05) is 24.3 Å². The smallest absolute Gasteiger partial charge is 0.261 e. The number of carbonyl (C=O) groups excluding carboxylic acids is 2. The van der Waals surface area contributed by atoms with E-state index in [4.69, 9.17) is 0 Å². The molecule has 5 heteroatoms. The second kappa shape index (κ2) is 6.07. The molecule has 0 N–H and O–H groups in total. The van der Waals surface area contributed by atoms with E-state index in [-0.39, 0.29) is 24.8 Å². The van der Waals surface area contributed by atoms with Crippen LogP contribution in [0.2, 0.25) is 0 Å². The van der Waals surface area contributed by atoms with E-state index in [9.17, 15) is 9.59 Å². The van der Waals surface area contributed by atoms with Crippen molar-refractivity contribution < 1.29 is 9.59 Å². The van der Waals surface area contributed by atoms with Crippen molar-refractivity contribution in [3.8, 4) is 0 Å². The van der Waals surface area contributed by atoms with Crippen LogP contribution in [0.4, 0.5) is 5.82 Å². The normalized spacial score (nSPS) is 17.3. The van der Waals surface area contributed by atoms with E-state index in [0.717, 1.165) is 30.0 Å². The molecule has 122 valence electrons. The molecule has 2 aliphatic rings. The van der Waals surface area contributed by atoms with Crippen LogP contribution in [0.1, 0.15) is 34.3 Å². The van der Waals surface area contributed by atoms with Crippen LogP contribution >= 0.6 is 0 Å². The summed E-state index contributed by atoms with van der Waals surface area (Å²) in [6, 6.07) is 11.3. The SMILES string of the molecule is O=C1Cc2ccccc2C(=O)N1Cc1ccc(N2CCCC2)nc1. The van der Waals surface area contributed by atoms with E-state index in [2.05, 4.69) is 9.88 Å². The van der Waals surface area contributed by atoms with Gasteiger partial charge in [0.1, 0.15) is 5.82 Å². The van der Waals surface area contributed by atoms with Crippen LogP contribution in [0.5, 0.6) is 0 Å². The number of pyridine rings is 1. The molecule has 1 saturated heterocycles. The molecule has 2 aromatic rings. The third kappa shape index (κ3) is 2.66. The van der Waals surface area contributed by atoms with Crippen LogP contribution in [-0.2, 0) is 17.8 Å². The third-order valence-electron chi connectivity index (χ3n) is 4.72. The maximum atomic E-state index is 12.6. The molecule has 3 heterocycles. The standard InChI is InChI=1S/C19H19N3O2/c23-18-11-15-5-1-2-6-16(15)19(24)22(18)13-14-7-8-17(20-12-14)21-9-3-4-10-21/h1-2,5-8,12H,3-4,9-11,13H2. The van der Waals surface area contributed by atoms with E-state index >= 15 is 0 Å². The summed E-state index contributed by atoms with van der Waals surface area (Å²) in [7, 11) is 0. The van der Waals surface area contributed by atoms with Crippen molar-refractivity contribution in [2.45, 2.75) is 25.8 Å². The number of aromatic nitrogens is 1. The molecule has 24 heavy (non-hydrogen) atoms. The number of carbonyl (C=O) groups is 2. The Balaban J connectivity index is 1.52. The lowest BCUT2D eigenvalue weighted by molar-refractivity contribution is -0.128. The highest BCUT2D eigenvalue weighted by atomic mass is 16.2. The summed E-state index contributed by atoms with van der Waals surface area (Å²) in [6.45, 7) is 2.37. The quantitative estimate of drug-likeness (QED) is 0.815. The molecule has 0 aliphatic carbocycles. The molecule has 0 saturated carbocycles. The number of amides is 2. The number of imide groups is 1. The first kappa shape index (κ1) is 14.9. The van der Waals surface area contributed by atoms with Gasteiger partial charge in [0.15, 0.2) is 0 Å². The molecule has 1 fully saturated rings. The zero-order chi connectivity index (χ0) is 16.5.